The lowest BCUT2D eigenvalue weighted by atomic mass is 10.1. The van der Waals surface area contributed by atoms with Gasteiger partial charge in [-0.05, 0) is 42.8 Å². The Bertz CT molecular complexity index is 1040. The molecule has 6 heteroatoms. The topological polar surface area (TPSA) is 32.8 Å². The van der Waals surface area contributed by atoms with Crippen LogP contribution in [0.3, 0.4) is 0 Å². The van der Waals surface area contributed by atoms with Crippen molar-refractivity contribution in [1.82, 2.24) is 0 Å². The van der Waals surface area contributed by atoms with E-state index in [0.29, 0.717) is 5.75 Å². The lowest BCUT2D eigenvalue weighted by molar-refractivity contribution is 0.415. The quantitative estimate of drug-likeness (QED) is 0.645. The number of rotatable bonds is 3. The Hall–Kier alpha value is -2.24. The SMILES string of the molecule is COc1ccc2scc(N3CCN(c4cc(Cl)ccc4C)CC3)c(=O)c2c1. The van der Waals surface area contributed by atoms with Crippen LogP contribution in [0.15, 0.2) is 46.6 Å². The molecule has 0 saturated carbocycles. The molecule has 1 saturated heterocycles. The van der Waals surface area contributed by atoms with Crippen LogP contribution in [0.5, 0.6) is 5.75 Å². The van der Waals surface area contributed by atoms with Crippen molar-refractivity contribution in [2.24, 2.45) is 0 Å². The summed E-state index contributed by atoms with van der Waals surface area (Å²) in [6.07, 6.45) is 0. The number of benzene rings is 2. The first kappa shape index (κ1) is 18.1. The van der Waals surface area contributed by atoms with Gasteiger partial charge in [0, 0.05) is 52.4 Å². The van der Waals surface area contributed by atoms with Gasteiger partial charge in [0.2, 0.25) is 5.43 Å². The molecule has 140 valence electrons. The minimum Gasteiger partial charge on any atom is -0.497 e. The third-order valence-electron chi connectivity index (χ3n) is 5.09. The van der Waals surface area contributed by atoms with Crippen molar-refractivity contribution in [2.75, 3.05) is 43.1 Å². The second kappa shape index (κ2) is 7.41. The van der Waals surface area contributed by atoms with Crippen LogP contribution in [0.2, 0.25) is 5.02 Å². The Morgan fingerprint density at radius 2 is 1.70 bits per heavy atom. The molecule has 27 heavy (non-hydrogen) atoms. The van der Waals surface area contributed by atoms with Gasteiger partial charge < -0.3 is 14.5 Å². The van der Waals surface area contributed by atoms with Crippen molar-refractivity contribution in [1.29, 1.82) is 0 Å². The molecule has 0 atom stereocenters. The molecular weight excluding hydrogens is 380 g/mol. The van der Waals surface area contributed by atoms with Gasteiger partial charge in [0.15, 0.2) is 0 Å². The van der Waals surface area contributed by atoms with Crippen LogP contribution in [0.25, 0.3) is 10.1 Å². The number of methoxy groups -OCH3 is 1. The maximum Gasteiger partial charge on any atom is 0.211 e. The fourth-order valence-corrected chi connectivity index (χ4v) is 4.64. The van der Waals surface area contributed by atoms with Crippen LogP contribution in [0.4, 0.5) is 11.4 Å². The van der Waals surface area contributed by atoms with Crippen molar-refractivity contribution in [3.05, 3.63) is 62.6 Å². The summed E-state index contributed by atoms with van der Waals surface area (Å²) in [5, 5.41) is 3.47. The molecule has 4 rings (SSSR count). The Kier molecular flexibility index (Phi) is 4.98. The normalized spacial score (nSPS) is 14.6. The highest BCUT2D eigenvalue weighted by Crippen LogP contribution is 2.28. The van der Waals surface area contributed by atoms with Crippen LogP contribution < -0.4 is 20.0 Å². The summed E-state index contributed by atoms with van der Waals surface area (Å²) >= 11 is 7.78. The van der Waals surface area contributed by atoms with Gasteiger partial charge in [-0.3, -0.25) is 4.79 Å². The van der Waals surface area contributed by atoms with E-state index in [1.54, 1.807) is 18.4 Å². The largest absolute Gasteiger partial charge is 0.497 e. The fourth-order valence-electron chi connectivity index (χ4n) is 3.56. The second-order valence-electron chi connectivity index (χ2n) is 6.72. The highest BCUT2D eigenvalue weighted by molar-refractivity contribution is 7.16. The first-order valence-corrected chi connectivity index (χ1v) is 10.2. The number of nitrogens with zero attached hydrogens (tertiary/aromatic N) is 2. The molecule has 4 nitrogen and oxygen atoms in total. The van der Waals surface area contributed by atoms with Crippen molar-refractivity contribution in [3.8, 4) is 5.75 Å². The third kappa shape index (κ3) is 3.49. The number of piperazine rings is 1. The van der Waals surface area contributed by atoms with Crippen LogP contribution in [-0.4, -0.2) is 33.3 Å². The predicted molar refractivity (Wildman–Crippen MR) is 115 cm³/mol. The van der Waals surface area contributed by atoms with E-state index in [1.807, 2.05) is 35.7 Å². The summed E-state index contributed by atoms with van der Waals surface area (Å²) in [5.41, 5.74) is 3.26. The van der Waals surface area contributed by atoms with Gasteiger partial charge in [0.1, 0.15) is 5.75 Å². The average molecular weight is 401 g/mol. The van der Waals surface area contributed by atoms with Gasteiger partial charge in [-0.2, -0.15) is 0 Å². The molecule has 0 aliphatic carbocycles. The lowest BCUT2D eigenvalue weighted by Crippen LogP contribution is -2.48. The van der Waals surface area contributed by atoms with Crippen LogP contribution in [-0.2, 0) is 0 Å². The van der Waals surface area contributed by atoms with Crippen molar-refractivity contribution < 1.29 is 4.74 Å². The van der Waals surface area contributed by atoms with E-state index in [9.17, 15) is 4.79 Å². The minimum atomic E-state index is 0.0787. The number of anilines is 2. The maximum absolute atomic E-state index is 13.0. The summed E-state index contributed by atoms with van der Waals surface area (Å²) in [6.45, 7) is 5.45. The van der Waals surface area contributed by atoms with E-state index in [0.717, 1.165) is 47.0 Å². The Balaban J connectivity index is 1.58. The molecule has 0 N–H and O–H groups in total. The smallest absolute Gasteiger partial charge is 0.211 e. The van der Waals surface area contributed by atoms with Gasteiger partial charge in [0.05, 0.1) is 12.8 Å². The van der Waals surface area contributed by atoms with E-state index in [1.165, 1.54) is 11.3 Å². The van der Waals surface area contributed by atoms with Gasteiger partial charge >= 0.3 is 0 Å². The molecule has 0 bridgehead atoms. The molecule has 0 radical (unpaired) electrons. The number of hydrogen-bond donors (Lipinski definition) is 0. The molecule has 1 aromatic heterocycles. The molecule has 2 aromatic carbocycles. The van der Waals surface area contributed by atoms with Crippen molar-refractivity contribution in [2.45, 2.75) is 6.92 Å². The second-order valence-corrected chi connectivity index (χ2v) is 8.06. The molecule has 1 fully saturated rings. The number of aryl methyl sites for hydroxylation is 1. The summed E-state index contributed by atoms with van der Waals surface area (Å²) in [7, 11) is 1.62. The van der Waals surface area contributed by atoms with Gasteiger partial charge in [-0.25, -0.2) is 0 Å². The zero-order chi connectivity index (χ0) is 19.0. The third-order valence-corrected chi connectivity index (χ3v) is 6.28. The fraction of sp³-hybridized carbons (Fsp3) is 0.286. The lowest BCUT2D eigenvalue weighted by Gasteiger charge is -2.37. The first-order valence-electron chi connectivity index (χ1n) is 8.92. The van der Waals surface area contributed by atoms with Crippen molar-refractivity contribution >= 4 is 44.4 Å². The maximum atomic E-state index is 13.0. The van der Waals surface area contributed by atoms with E-state index in [4.69, 9.17) is 16.3 Å². The Labute approximate surface area is 167 Å². The Morgan fingerprint density at radius 3 is 2.41 bits per heavy atom. The molecule has 2 heterocycles. The molecular formula is C21H21ClN2O2S. The summed E-state index contributed by atoms with van der Waals surface area (Å²) in [6, 6.07) is 11.7. The van der Waals surface area contributed by atoms with Crippen LogP contribution in [0, 0.1) is 6.92 Å². The molecule has 1 aliphatic heterocycles. The molecule has 0 unspecified atom stereocenters. The standard InChI is InChI=1S/C21H21ClN2O2S/c1-14-3-4-15(22)11-18(14)23-7-9-24(10-8-23)19-13-27-20-6-5-16(26-2)12-17(20)21(19)25/h3-6,11-13H,7-10H2,1-2H3. The summed E-state index contributed by atoms with van der Waals surface area (Å²) in [5.74, 6) is 0.713. The number of hydrogen-bond acceptors (Lipinski definition) is 5. The highest BCUT2D eigenvalue weighted by Gasteiger charge is 2.21. The number of fused-ring (bicyclic) bond motifs is 1. The van der Waals surface area contributed by atoms with E-state index in [-0.39, 0.29) is 5.43 Å². The Morgan fingerprint density at radius 1 is 1.00 bits per heavy atom. The summed E-state index contributed by atoms with van der Waals surface area (Å²) in [4.78, 5) is 17.6. The zero-order valence-electron chi connectivity index (χ0n) is 15.4. The van der Waals surface area contributed by atoms with Gasteiger partial charge in [-0.15, -0.1) is 11.3 Å². The van der Waals surface area contributed by atoms with Crippen molar-refractivity contribution in [3.63, 3.8) is 0 Å². The molecule has 0 spiro atoms. The van der Waals surface area contributed by atoms with Gasteiger partial charge in [0.25, 0.3) is 0 Å². The number of ether oxygens (including phenoxy) is 1. The predicted octanol–water partition coefficient (Wildman–Crippen LogP) is 4.56. The zero-order valence-corrected chi connectivity index (χ0v) is 16.9. The average Bonchev–Trinajstić information content (AvgIpc) is 2.70. The molecule has 1 aliphatic rings. The van der Waals surface area contributed by atoms with Crippen LogP contribution >= 0.6 is 22.9 Å². The molecule has 3 aromatic rings. The monoisotopic (exact) mass is 400 g/mol. The van der Waals surface area contributed by atoms with E-state index >= 15 is 0 Å². The van der Waals surface area contributed by atoms with E-state index in [2.05, 4.69) is 22.8 Å². The number of halogens is 1. The first-order chi connectivity index (χ1) is 13.1. The van der Waals surface area contributed by atoms with Gasteiger partial charge in [-0.1, -0.05) is 17.7 Å². The minimum absolute atomic E-state index is 0.0787. The highest BCUT2D eigenvalue weighted by atomic mass is 35.5. The van der Waals surface area contributed by atoms with E-state index < -0.39 is 0 Å². The summed E-state index contributed by atoms with van der Waals surface area (Å²) < 4.78 is 6.27. The molecule has 0 amide bonds. The van der Waals surface area contributed by atoms with Crippen LogP contribution in [0.1, 0.15) is 5.56 Å².